The van der Waals surface area contributed by atoms with Crippen molar-refractivity contribution in [1.82, 2.24) is 4.90 Å². The lowest BCUT2D eigenvalue weighted by Crippen LogP contribution is -2.51. The van der Waals surface area contributed by atoms with Crippen molar-refractivity contribution in [2.75, 3.05) is 36.4 Å². The number of carbonyl (C=O) groups excluding carboxylic acids is 2. The molecule has 0 radical (unpaired) electrons. The Labute approximate surface area is 136 Å². The van der Waals surface area contributed by atoms with E-state index in [1.165, 1.54) is 17.7 Å². The molecule has 1 saturated carbocycles. The minimum absolute atomic E-state index is 0.105. The number of hydrogen-bond donors (Lipinski definition) is 1. The van der Waals surface area contributed by atoms with E-state index in [2.05, 4.69) is 22.3 Å². The molecular weight excluding hydrogens is 290 g/mol. The van der Waals surface area contributed by atoms with Crippen LogP contribution in [0.5, 0.6) is 0 Å². The third-order valence-corrected chi connectivity index (χ3v) is 5.40. The van der Waals surface area contributed by atoms with Gasteiger partial charge >= 0.3 is 0 Å². The van der Waals surface area contributed by atoms with Crippen LogP contribution in [0.3, 0.4) is 0 Å². The number of rotatable bonds is 2. The van der Waals surface area contributed by atoms with E-state index < -0.39 is 0 Å². The molecule has 2 heterocycles. The lowest BCUT2D eigenvalue weighted by Gasteiger charge is -2.39. The van der Waals surface area contributed by atoms with Crippen molar-refractivity contribution in [2.24, 2.45) is 5.92 Å². The number of nitrogens with zero attached hydrogens (tertiary/aromatic N) is 2. The van der Waals surface area contributed by atoms with Crippen LogP contribution < -0.4 is 10.2 Å². The number of nitrogens with one attached hydrogen (secondary N) is 1. The predicted molar refractivity (Wildman–Crippen MR) is 89.5 cm³/mol. The molecule has 0 unspecified atom stereocenters. The van der Waals surface area contributed by atoms with Crippen LogP contribution in [0.4, 0.5) is 11.4 Å². The Hall–Kier alpha value is -2.04. The van der Waals surface area contributed by atoms with E-state index in [0.29, 0.717) is 18.2 Å². The first-order valence-electron chi connectivity index (χ1n) is 8.67. The monoisotopic (exact) mass is 313 g/mol. The highest BCUT2D eigenvalue weighted by Crippen LogP contribution is 2.30. The van der Waals surface area contributed by atoms with Crippen molar-refractivity contribution in [3.63, 3.8) is 0 Å². The molecule has 0 atom stereocenters. The van der Waals surface area contributed by atoms with Crippen LogP contribution in [0, 0.1) is 5.92 Å². The summed E-state index contributed by atoms with van der Waals surface area (Å²) in [6.07, 6.45) is 4.75. The fraction of sp³-hybridized carbons (Fsp3) is 0.556. The Kier molecular flexibility index (Phi) is 3.71. The molecule has 0 bridgehead atoms. The van der Waals surface area contributed by atoms with Gasteiger partial charge in [-0.25, -0.2) is 0 Å². The third kappa shape index (κ3) is 2.80. The zero-order chi connectivity index (χ0) is 15.8. The number of amides is 2. The van der Waals surface area contributed by atoms with Crippen LogP contribution in [-0.2, 0) is 16.0 Å². The van der Waals surface area contributed by atoms with Gasteiger partial charge in [-0.1, -0.05) is 6.42 Å². The quantitative estimate of drug-likeness (QED) is 0.909. The summed E-state index contributed by atoms with van der Waals surface area (Å²) in [7, 11) is 0. The van der Waals surface area contributed by atoms with Crippen molar-refractivity contribution in [3.05, 3.63) is 23.8 Å². The van der Waals surface area contributed by atoms with E-state index >= 15 is 0 Å². The molecule has 1 saturated heterocycles. The molecule has 122 valence electrons. The van der Waals surface area contributed by atoms with Gasteiger partial charge in [-0.15, -0.1) is 0 Å². The summed E-state index contributed by atoms with van der Waals surface area (Å²) < 4.78 is 0. The minimum atomic E-state index is 0.105. The topological polar surface area (TPSA) is 52.7 Å². The van der Waals surface area contributed by atoms with Crippen molar-refractivity contribution in [2.45, 2.75) is 32.1 Å². The van der Waals surface area contributed by atoms with Crippen LogP contribution in [0.2, 0.25) is 0 Å². The van der Waals surface area contributed by atoms with Gasteiger partial charge in [0.25, 0.3) is 0 Å². The molecule has 2 fully saturated rings. The fourth-order valence-corrected chi connectivity index (χ4v) is 3.66. The summed E-state index contributed by atoms with van der Waals surface area (Å²) in [6, 6.07) is 6.28. The van der Waals surface area contributed by atoms with Crippen molar-refractivity contribution >= 4 is 23.2 Å². The summed E-state index contributed by atoms with van der Waals surface area (Å²) in [4.78, 5) is 28.1. The second-order valence-corrected chi connectivity index (χ2v) is 6.83. The number of piperazine rings is 1. The van der Waals surface area contributed by atoms with Gasteiger partial charge in [-0.05, 0) is 43.0 Å². The summed E-state index contributed by atoms with van der Waals surface area (Å²) in [5, 5.41) is 2.93. The van der Waals surface area contributed by atoms with E-state index in [0.717, 1.165) is 51.1 Å². The van der Waals surface area contributed by atoms with Gasteiger partial charge in [0.2, 0.25) is 11.8 Å². The molecule has 0 aromatic heterocycles. The third-order valence-electron chi connectivity index (χ3n) is 5.40. The molecule has 4 rings (SSSR count). The standard InChI is InChI=1S/C18H23N3O2/c22-17-7-4-14-12-15(5-6-16(14)19-17)20-8-10-21(11-9-20)18(23)13-2-1-3-13/h5-6,12-13H,1-4,7-11H2,(H,19,22). The van der Waals surface area contributed by atoms with Crippen molar-refractivity contribution in [3.8, 4) is 0 Å². The number of aryl methyl sites for hydroxylation is 1. The molecule has 1 N–H and O–H groups in total. The number of benzene rings is 1. The number of anilines is 2. The smallest absolute Gasteiger partial charge is 0.225 e. The zero-order valence-corrected chi connectivity index (χ0v) is 13.4. The van der Waals surface area contributed by atoms with Crippen LogP contribution >= 0.6 is 0 Å². The molecule has 2 aliphatic heterocycles. The first kappa shape index (κ1) is 14.5. The van der Waals surface area contributed by atoms with Gasteiger partial charge in [0.1, 0.15) is 0 Å². The van der Waals surface area contributed by atoms with Crippen LogP contribution in [0.1, 0.15) is 31.2 Å². The second-order valence-electron chi connectivity index (χ2n) is 6.83. The molecule has 5 heteroatoms. The predicted octanol–water partition coefficient (Wildman–Crippen LogP) is 2.02. The first-order valence-corrected chi connectivity index (χ1v) is 8.67. The van der Waals surface area contributed by atoms with Crippen LogP contribution in [-0.4, -0.2) is 42.9 Å². The van der Waals surface area contributed by atoms with Crippen LogP contribution in [0.25, 0.3) is 0 Å². The Morgan fingerprint density at radius 1 is 1.09 bits per heavy atom. The van der Waals surface area contributed by atoms with Crippen molar-refractivity contribution < 1.29 is 9.59 Å². The molecule has 23 heavy (non-hydrogen) atoms. The maximum atomic E-state index is 12.3. The average Bonchev–Trinajstić information content (AvgIpc) is 2.53. The highest BCUT2D eigenvalue weighted by Gasteiger charge is 2.31. The summed E-state index contributed by atoms with van der Waals surface area (Å²) >= 11 is 0. The van der Waals surface area contributed by atoms with Gasteiger partial charge in [0, 0.05) is 49.9 Å². The fourth-order valence-electron chi connectivity index (χ4n) is 3.66. The second kappa shape index (κ2) is 5.87. The van der Waals surface area contributed by atoms with E-state index in [4.69, 9.17) is 0 Å². The lowest BCUT2D eigenvalue weighted by atomic mass is 9.84. The number of hydrogen-bond acceptors (Lipinski definition) is 3. The SMILES string of the molecule is O=C1CCc2cc(N3CCN(C(=O)C4CCC4)CC3)ccc2N1. The van der Waals surface area contributed by atoms with Gasteiger partial charge in [-0.3, -0.25) is 9.59 Å². The summed E-state index contributed by atoms with van der Waals surface area (Å²) in [5.41, 5.74) is 3.37. The Morgan fingerprint density at radius 2 is 1.87 bits per heavy atom. The molecule has 1 aliphatic carbocycles. The molecule has 3 aliphatic rings. The Bertz CT molecular complexity index is 631. The normalized spacial score (nSPS) is 21.5. The molecule has 0 spiro atoms. The average molecular weight is 313 g/mol. The van der Waals surface area contributed by atoms with Crippen LogP contribution in [0.15, 0.2) is 18.2 Å². The van der Waals surface area contributed by atoms with Crippen molar-refractivity contribution in [1.29, 1.82) is 0 Å². The minimum Gasteiger partial charge on any atom is -0.368 e. The molecular formula is C18H23N3O2. The highest BCUT2D eigenvalue weighted by molar-refractivity contribution is 5.94. The first-order chi connectivity index (χ1) is 11.2. The van der Waals surface area contributed by atoms with Gasteiger partial charge < -0.3 is 15.1 Å². The summed E-state index contributed by atoms with van der Waals surface area (Å²) in [5.74, 6) is 0.770. The van der Waals surface area contributed by atoms with E-state index in [1.54, 1.807) is 0 Å². The Morgan fingerprint density at radius 3 is 2.57 bits per heavy atom. The van der Waals surface area contributed by atoms with E-state index in [9.17, 15) is 9.59 Å². The van der Waals surface area contributed by atoms with Gasteiger partial charge in [0.15, 0.2) is 0 Å². The van der Waals surface area contributed by atoms with Gasteiger partial charge in [0.05, 0.1) is 0 Å². The molecule has 1 aromatic rings. The summed E-state index contributed by atoms with van der Waals surface area (Å²) in [6.45, 7) is 3.43. The molecule has 2 amide bonds. The maximum absolute atomic E-state index is 12.3. The van der Waals surface area contributed by atoms with Gasteiger partial charge in [-0.2, -0.15) is 0 Å². The zero-order valence-electron chi connectivity index (χ0n) is 13.4. The van der Waals surface area contributed by atoms with E-state index in [1.807, 2.05) is 11.0 Å². The number of fused-ring (bicyclic) bond motifs is 1. The Balaban J connectivity index is 1.40. The highest BCUT2D eigenvalue weighted by atomic mass is 16.2. The largest absolute Gasteiger partial charge is 0.368 e. The van der Waals surface area contributed by atoms with E-state index in [-0.39, 0.29) is 5.91 Å². The molecule has 5 nitrogen and oxygen atoms in total. The lowest BCUT2D eigenvalue weighted by molar-refractivity contribution is -0.138. The molecule has 1 aromatic carbocycles. The number of carbonyl (C=O) groups is 2. The maximum Gasteiger partial charge on any atom is 0.225 e.